The third-order valence-electron chi connectivity index (χ3n) is 14.4. The van der Waals surface area contributed by atoms with Crippen LogP contribution in [0.25, 0.3) is 34.4 Å². The van der Waals surface area contributed by atoms with E-state index in [4.69, 9.17) is 0 Å². The third-order valence-corrected chi connectivity index (χ3v) is 14.4. The predicted molar refractivity (Wildman–Crippen MR) is 262 cm³/mol. The Hall–Kier alpha value is -6.29. The lowest BCUT2D eigenvalue weighted by molar-refractivity contribution is -0.112. The summed E-state index contributed by atoms with van der Waals surface area (Å²) in [7, 11) is -5.84. The second-order valence-electron chi connectivity index (χ2n) is 17.7. The number of carbonyl (C=O) groups excluding carboxylic acids is 2. The highest BCUT2D eigenvalue weighted by Crippen LogP contribution is 2.42. The number of rotatable bonds is 11. The van der Waals surface area contributed by atoms with Crippen LogP contribution in [-0.2, 0) is 35.3 Å². The van der Waals surface area contributed by atoms with Crippen molar-refractivity contribution in [1.29, 1.82) is 0 Å². The summed E-state index contributed by atoms with van der Waals surface area (Å²) in [6.45, 7) is 22.8. The van der Waals surface area contributed by atoms with Gasteiger partial charge in [0, 0.05) is 67.6 Å². The molecule has 0 bridgehead atoms. The fourth-order valence-electron chi connectivity index (χ4n) is 11.4. The van der Waals surface area contributed by atoms with Gasteiger partial charge in [-0.15, -0.1) is 0 Å². The van der Waals surface area contributed by atoms with Crippen LogP contribution >= 0.6 is 0 Å². The lowest BCUT2D eigenvalue weighted by atomic mass is 9.78. The molecule has 4 heterocycles. The Morgan fingerprint density at radius 3 is 1.14 bits per heavy atom. The highest BCUT2D eigenvalue weighted by Gasteiger charge is 2.39. The summed E-state index contributed by atoms with van der Waals surface area (Å²) in [6, 6.07) is 14.7. The summed E-state index contributed by atoms with van der Waals surface area (Å²) in [5.41, 5.74) is 11.9. The van der Waals surface area contributed by atoms with Crippen LogP contribution in [0.2, 0.25) is 0 Å². The topological polar surface area (TPSA) is 75.6 Å². The number of nitrogens with one attached hydrogen (secondary N) is 2. The van der Waals surface area contributed by atoms with Gasteiger partial charge in [-0.1, -0.05) is 76.2 Å². The van der Waals surface area contributed by atoms with Gasteiger partial charge in [-0.2, -0.15) is 0 Å². The van der Waals surface area contributed by atoms with Gasteiger partial charge in [0.25, 0.3) is 0 Å². The van der Waals surface area contributed by atoms with Crippen molar-refractivity contribution in [3.8, 4) is 0 Å². The van der Waals surface area contributed by atoms with E-state index in [1.165, 1.54) is 0 Å². The molecule has 0 spiro atoms. The minimum absolute atomic E-state index is 0.111. The average molecular weight is 891 g/mol. The Labute approximate surface area is 384 Å². The molecule has 0 radical (unpaired) electrons. The Balaban J connectivity index is 1.55. The average Bonchev–Trinajstić information content (AvgIpc) is 3.92. The van der Waals surface area contributed by atoms with Crippen molar-refractivity contribution in [3.05, 3.63) is 171 Å². The van der Waals surface area contributed by atoms with Crippen molar-refractivity contribution in [2.24, 2.45) is 0 Å². The standard InChI is InChI=1S/C54H56B2F4N4O2/c1-13-37-27(5)49(61-31(37)9)47(51-29(7)39(15-3)33(11)63(51)55(57)58)43-25-35-21-17-19-23-41(35)45(53(43)65)46-42-24-20-18-22-36(42)26-44(54(46)66)48(50-28(6)38(14-2)32(10)62-50)52-30(8)40(16-4)34(12)64(52)56(59)60/h17-26,61-62H,13-16H2,1-12H3/b47-43-,48-44-. The number of aromatic amines is 2. The van der Waals surface area contributed by atoms with Gasteiger partial charge in [0.2, 0.25) is 0 Å². The van der Waals surface area contributed by atoms with Gasteiger partial charge >= 0.3 is 14.8 Å². The summed E-state index contributed by atoms with van der Waals surface area (Å²) in [4.78, 5) is 39.3. The molecule has 0 atom stereocenters. The molecule has 0 fully saturated rings. The van der Waals surface area contributed by atoms with E-state index in [9.17, 15) is 0 Å². The smallest absolute Gasteiger partial charge is 0.358 e. The monoisotopic (exact) mass is 890 g/mol. The van der Waals surface area contributed by atoms with Crippen molar-refractivity contribution in [2.45, 2.75) is 109 Å². The van der Waals surface area contributed by atoms with E-state index < -0.39 is 26.4 Å². The summed E-state index contributed by atoms with van der Waals surface area (Å²) in [5, 5.41) is 2.26. The molecule has 0 aliphatic heterocycles. The lowest BCUT2D eigenvalue weighted by Gasteiger charge is -2.24. The zero-order valence-electron chi connectivity index (χ0n) is 40.0. The second-order valence-corrected chi connectivity index (χ2v) is 17.7. The zero-order valence-corrected chi connectivity index (χ0v) is 40.0. The van der Waals surface area contributed by atoms with Crippen LogP contribution in [0.5, 0.6) is 0 Å². The molecular weight excluding hydrogens is 834 g/mol. The highest BCUT2D eigenvalue weighted by atomic mass is 19.2. The number of H-pyrrole nitrogens is 2. The number of hydrogen-bond acceptors (Lipinski definition) is 2. The van der Waals surface area contributed by atoms with Gasteiger partial charge in [-0.05, 0) is 159 Å². The largest absolute Gasteiger partial charge is 0.677 e. The highest BCUT2D eigenvalue weighted by molar-refractivity contribution is 6.53. The van der Waals surface area contributed by atoms with E-state index in [0.29, 0.717) is 91.6 Å². The van der Waals surface area contributed by atoms with Crippen molar-refractivity contribution in [1.82, 2.24) is 18.9 Å². The first kappa shape index (κ1) is 46.2. The van der Waals surface area contributed by atoms with Crippen LogP contribution in [0, 0.1) is 55.4 Å². The Bertz CT molecular complexity index is 3160. The van der Waals surface area contributed by atoms with Gasteiger partial charge < -0.3 is 18.9 Å². The molecule has 2 aromatic carbocycles. The van der Waals surface area contributed by atoms with Crippen molar-refractivity contribution >= 4 is 60.8 Å². The number of Topliss-reactive ketones (excluding diaryl/α,β-unsaturated/α-hetero) is 2. The second kappa shape index (κ2) is 17.5. The predicted octanol–water partition coefficient (Wildman–Crippen LogP) is 8.94. The van der Waals surface area contributed by atoms with Crippen LogP contribution in [0.15, 0.2) is 59.7 Å². The SMILES string of the molecule is CCc1c(C)[nH]c(/C(=C2\C=c3ccccc3=C(C3=c4ccccc4=C/C(=C(\c4[nH]c(C)c(CC)c4C)c4c(C)c(CC)c(C)n4B(F)F)C3=O)C2=O)c2c(C)c(CC)c(C)n2B(F)F)c1C. The maximum absolute atomic E-state index is 16.2. The van der Waals surface area contributed by atoms with E-state index >= 15 is 26.9 Å². The number of halogens is 4. The number of fused-ring (bicyclic) bond motifs is 2. The first-order valence-electron chi connectivity index (χ1n) is 23.0. The van der Waals surface area contributed by atoms with Gasteiger partial charge in [0.15, 0.2) is 11.6 Å². The molecule has 0 unspecified atom stereocenters. The fourth-order valence-corrected chi connectivity index (χ4v) is 11.4. The number of hydrogen-bond donors (Lipinski definition) is 2. The van der Waals surface area contributed by atoms with Gasteiger partial charge in [0.1, 0.15) is 0 Å². The summed E-state index contributed by atoms with van der Waals surface area (Å²) in [5.74, 6) is -1.02. The molecule has 8 rings (SSSR count). The molecule has 12 heteroatoms. The molecule has 2 aliphatic carbocycles. The number of benzene rings is 2. The maximum Gasteiger partial charge on any atom is 0.677 e. The zero-order chi connectivity index (χ0) is 47.8. The molecule has 0 saturated carbocycles. The molecule has 6 aromatic rings. The van der Waals surface area contributed by atoms with E-state index in [1.807, 2.05) is 118 Å². The number of aryl methyl sites for hydroxylation is 2. The molecule has 338 valence electrons. The molecule has 0 amide bonds. The minimum atomic E-state index is -2.92. The van der Waals surface area contributed by atoms with E-state index in [2.05, 4.69) is 9.97 Å². The molecule has 2 aliphatic rings. The Morgan fingerprint density at radius 2 is 0.833 bits per heavy atom. The van der Waals surface area contributed by atoms with Crippen LogP contribution in [0.4, 0.5) is 17.3 Å². The van der Waals surface area contributed by atoms with Gasteiger partial charge in [-0.3, -0.25) is 26.9 Å². The molecule has 2 N–H and O–H groups in total. The van der Waals surface area contributed by atoms with Crippen molar-refractivity contribution in [2.75, 3.05) is 0 Å². The molecule has 4 aromatic heterocycles. The Morgan fingerprint density at radius 1 is 0.500 bits per heavy atom. The normalized spacial score (nSPS) is 15.2. The van der Waals surface area contributed by atoms with E-state index in [1.54, 1.807) is 26.0 Å². The third kappa shape index (κ3) is 6.92. The lowest BCUT2D eigenvalue weighted by Crippen LogP contribution is -2.41. The first-order chi connectivity index (χ1) is 31.4. The number of ketones is 2. The van der Waals surface area contributed by atoms with Gasteiger partial charge in [0.05, 0.1) is 11.4 Å². The number of allylic oxidation sites excluding steroid dienone is 2. The molecular formula is C54H56B2F4N4O2. The molecule has 66 heavy (non-hydrogen) atoms. The van der Waals surface area contributed by atoms with Crippen LogP contribution in [0.3, 0.4) is 0 Å². The van der Waals surface area contributed by atoms with Gasteiger partial charge in [-0.25, -0.2) is 0 Å². The fraction of sp³-hybridized carbons (Fsp3) is 0.296. The Kier molecular flexibility index (Phi) is 12.3. The first-order valence-corrected chi connectivity index (χ1v) is 23.0. The van der Waals surface area contributed by atoms with Crippen molar-refractivity contribution in [3.63, 3.8) is 0 Å². The number of nitrogens with zero attached hydrogens (tertiary/aromatic N) is 2. The maximum atomic E-state index is 16.2. The number of aromatic nitrogens is 4. The number of carbonyl (C=O) groups is 2. The van der Waals surface area contributed by atoms with Crippen LogP contribution in [0.1, 0.15) is 118 Å². The van der Waals surface area contributed by atoms with Crippen molar-refractivity contribution < 1.29 is 26.9 Å². The van der Waals surface area contributed by atoms with E-state index in [0.717, 1.165) is 53.7 Å². The molecule has 0 saturated heterocycles. The minimum Gasteiger partial charge on any atom is -0.358 e. The molecule has 6 nitrogen and oxygen atoms in total. The summed E-state index contributed by atoms with van der Waals surface area (Å²) >= 11 is 0. The van der Waals surface area contributed by atoms with Crippen LogP contribution in [-0.4, -0.2) is 45.3 Å². The summed E-state index contributed by atoms with van der Waals surface area (Å²) < 4.78 is 64.4. The quantitative estimate of drug-likeness (QED) is 0.0775. The van der Waals surface area contributed by atoms with Crippen LogP contribution < -0.4 is 20.9 Å². The van der Waals surface area contributed by atoms with E-state index in [-0.39, 0.29) is 33.7 Å². The summed E-state index contributed by atoms with van der Waals surface area (Å²) in [6.07, 6.45) is 5.87.